The van der Waals surface area contributed by atoms with E-state index in [2.05, 4.69) is 5.10 Å². The van der Waals surface area contributed by atoms with Gasteiger partial charge in [-0.3, -0.25) is 4.79 Å². The molecule has 0 atom stereocenters. The zero-order valence-corrected chi connectivity index (χ0v) is 14.4. The minimum atomic E-state index is -0.261. The van der Waals surface area contributed by atoms with Crippen molar-refractivity contribution in [3.05, 3.63) is 70.5 Å². The van der Waals surface area contributed by atoms with Crippen molar-refractivity contribution in [2.75, 3.05) is 0 Å². The molecule has 0 unspecified atom stereocenters. The summed E-state index contributed by atoms with van der Waals surface area (Å²) in [5, 5.41) is 24.0. The Kier molecular flexibility index (Phi) is 4.31. The summed E-state index contributed by atoms with van der Waals surface area (Å²) < 4.78 is 1.82. The highest BCUT2D eigenvalue weighted by atomic mass is 16.3. The van der Waals surface area contributed by atoms with Gasteiger partial charge in [0, 0.05) is 17.7 Å². The SMILES string of the molecule is Cc1ccc(-n2nc(C)c(CC(=O)c3cc(O)ccc3O)c2C)cc1. The van der Waals surface area contributed by atoms with E-state index in [1.54, 1.807) is 0 Å². The van der Waals surface area contributed by atoms with Crippen molar-refractivity contribution in [3.63, 3.8) is 0 Å². The maximum atomic E-state index is 12.6. The quantitative estimate of drug-likeness (QED) is 0.563. The number of rotatable bonds is 4. The van der Waals surface area contributed by atoms with Gasteiger partial charge in [0.15, 0.2) is 5.78 Å². The van der Waals surface area contributed by atoms with Gasteiger partial charge in [0.05, 0.1) is 16.9 Å². The van der Waals surface area contributed by atoms with Crippen LogP contribution in [0.4, 0.5) is 0 Å². The average Bonchev–Trinajstić information content (AvgIpc) is 2.86. The van der Waals surface area contributed by atoms with Gasteiger partial charge in [-0.2, -0.15) is 5.10 Å². The number of carbonyl (C=O) groups is 1. The lowest BCUT2D eigenvalue weighted by atomic mass is 10.0. The predicted octanol–water partition coefficient (Wildman–Crippen LogP) is 3.63. The Morgan fingerprint density at radius 2 is 1.72 bits per heavy atom. The molecular weight excluding hydrogens is 316 g/mol. The van der Waals surface area contributed by atoms with Crippen molar-refractivity contribution in [2.45, 2.75) is 27.2 Å². The molecule has 0 aliphatic rings. The van der Waals surface area contributed by atoms with E-state index in [0.29, 0.717) is 0 Å². The lowest BCUT2D eigenvalue weighted by molar-refractivity contribution is 0.0989. The number of phenols is 2. The lowest BCUT2D eigenvalue weighted by Gasteiger charge is -2.07. The molecule has 5 heteroatoms. The molecule has 2 N–H and O–H groups in total. The Hall–Kier alpha value is -3.08. The van der Waals surface area contributed by atoms with Crippen LogP contribution >= 0.6 is 0 Å². The van der Waals surface area contributed by atoms with E-state index >= 15 is 0 Å². The molecule has 128 valence electrons. The molecule has 2 aromatic carbocycles. The minimum Gasteiger partial charge on any atom is -0.508 e. The molecule has 0 spiro atoms. The fourth-order valence-electron chi connectivity index (χ4n) is 2.87. The van der Waals surface area contributed by atoms with Gasteiger partial charge in [-0.25, -0.2) is 4.68 Å². The Morgan fingerprint density at radius 1 is 1.04 bits per heavy atom. The molecule has 5 nitrogen and oxygen atoms in total. The first kappa shape index (κ1) is 16.8. The van der Waals surface area contributed by atoms with Crippen molar-refractivity contribution < 1.29 is 15.0 Å². The second-order valence-corrected chi connectivity index (χ2v) is 6.20. The van der Waals surface area contributed by atoms with Gasteiger partial charge in [-0.1, -0.05) is 17.7 Å². The monoisotopic (exact) mass is 336 g/mol. The van der Waals surface area contributed by atoms with Crippen LogP contribution in [0.5, 0.6) is 11.5 Å². The second-order valence-electron chi connectivity index (χ2n) is 6.20. The third-order valence-corrected chi connectivity index (χ3v) is 4.34. The number of hydrogen-bond acceptors (Lipinski definition) is 4. The topological polar surface area (TPSA) is 75.4 Å². The number of aromatic hydroxyl groups is 2. The van der Waals surface area contributed by atoms with Crippen LogP contribution in [0.2, 0.25) is 0 Å². The molecule has 1 aromatic heterocycles. The summed E-state index contributed by atoms with van der Waals surface area (Å²) in [6, 6.07) is 12.0. The van der Waals surface area contributed by atoms with Crippen LogP contribution in [0.15, 0.2) is 42.5 Å². The van der Waals surface area contributed by atoms with Crippen LogP contribution in [-0.4, -0.2) is 25.8 Å². The number of carbonyl (C=O) groups excluding carboxylic acids is 1. The van der Waals surface area contributed by atoms with Crippen LogP contribution in [0.1, 0.15) is 32.9 Å². The highest BCUT2D eigenvalue weighted by Gasteiger charge is 2.19. The van der Waals surface area contributed by atoms with Crippen LogP contribution in [0, 0.1) is 20.8 Å². The normalized spacial score (nSPS) is 10.8. The lowest BCUT2D eigenvalue weighted by Crippen LogP contribution is -2.06. The zero-order valence-electron chi connectivity index (χ0n) is 14.4. The minimum absolute atomic E-state index is 0.0510. The molecule has 0 bridgehead atoms. The Bertz CT molecular complexity index is 940. The molecular formula is C20H20N2O3. The summed E-state index contributed by atoms with van der Waals surface area (Å²) in [6.45, 7) is 5.81. The van der Waals surface area contributed by atoms with Crippen molar-refractivity contribution in [1.29, 1.82) is 0 Å². The number of nitrogens with zero attached hydrogens (tertiary/aromatic N) is 2. The fourth-order valence-corrected chi connectivity index (χ4v) is 2.87. The van der Waals surface area contributed by atoms with Crippen LogP contribution in [0.3, 0.4) is 0 Å². The van der Waals surface area contributed by atoms with Gasteiger partial charge < -0.3 is 10.2 Å². The first-order valence-electron chi connectivity index (χ1n) is 8.04. The molecule has 0 aliphatic carbocycles. The molecule has 25 heavy (non-hydrogen) atoms. The average molecular weight is 336 g/mol. The van der Waals surface area contributed by atoms with E-state index in [9.17, 15) is 15.0 Å². The number of aryl methyl sites for hydroxylation is 2. The third-order valence-electron chi connectivity index (χ3n) is 4.34. The molecule has 0 aliphatic heterocycles. The summed E-state index contributed by atoms with van der Waals surface area (Å²) in [7, 11) is 0. The number of ketones is 1. The van der Waals surface area contributed by atoms with Crippen LogP contribution in [-0.2, 0) is 6.42 Å². The van der Waals surface area contributed by atoms with Gasteiger partial charge >= 0.3 is 0 Å². The smallest absolute Gasteiger partial charge is 0.171 e. The predicted molar refractivity (Wildman–Crippen MR) is 95.6 cm³/mol. The molecule has 0 saturated carbocycles. The molecule has 3 rings (SSSR count). The standard InChI is InChI=1S/C20H20N2O3/c1-12-4-6-15(7-5-12)22-14(3)17(13(2)21-22)11-20(25)18-10-16(23)8-9-19(18)24/h4-10,23-24H,11H2,1-3H3. The number of hydrogen-bond donors (Lipinski definition) is 2. The van der Waals surface area contributed by atoms with Gasteiger partial charge in [0.1, 0.15) is 11.5 Å². The molecule has 1 heterocycles. The van der Waals surface area contributed by atoms with E-state index in [1.807, 2.05) is 49.7 Å². The van der Waals surface area contributed by atoms with E-state index in [4.69, 9.17) is 0 Å². The molecule has 3 aromatic rings. The first-order chi connectivity index (χ1) is 11.9. The van der Waals surface area contributed by atoms with E-state index in [0.717, 1.165) is 22.6 Å². The van der Waals surface area contributed by atoms with Gasteiger partial charge in [0.25, 0.3) is 0 Å². The number of phenolic OH excluding ortho intramolecular Hbond substituents is 2. The van der Waals surface area contributed by atoms with Crippen molar-refractivity contribution in [3.8, 4) is 17.2 Å². The molecule has 0 radical (unpaired) electrons. The third kappa shape index (κ3) is 3.26. The summed E-state index contributed by atoms with van der Waals surface area (Å²) >= 11 is 0. The van der Waals surface area contributed by atoms with Crippen molar-refractivity contribution >= 4 is 5.78 Å². The zero-order chi connectivity index (χ0) is 18.1. The van der Waals surface area contributed by atoms with Crippen molar-refractivity contribution in [1.82, 2.24) is 9.78 Å². The number of benzene rings is 2. The van der Waals surface area contributed by atoms with Gasteiger partial charge in [-0.05, 0) is 51.1 Å². The highest BCUT2D eigenvalue weighted by Crippen LogP contribution is 2.25. The van der Waals surface area contributed by atoms with Gasteiger partial charge in [-0.15, -0.1) is 0 Å². The summed E-state index contributed by atoms with van der Waals surface area (Å²) in [5.74, 6) is -0.447. The Balaban J connectivity index is 1.94. The number of aromatic nitrogens is 2. The van der Waals surface area contributed by atoms with E-state index in [-0.39, 0.29) is 29.3 Å². The summed E-state index contributed by atoms with van der Waals surface area (Å²) in [4.78, 5) is 12.6. The highest BCUT2D eigenvalue weighted by molar-refractivity contribution is 6.00. The summed E-state index contributed by atoms with van der Waals surface area (Å²) in [6.07, 6.45) is 0.112. The van der Waals surface area contributed by atoms with E-state index in [1.165, 1.54) is 23.8 Å². The van der Waals surface area contributed by atoms with Crippen LogP contribution < -0.4 is 0 Å². The molecule has 0 amide bonds. The maximum Gasteiger partial charge on any atom is 0.171 e. The number of Topliss-reactive ketones (excluding diaryl/α,β-unsaturated/α-hetero) is 1. The second kappa shape index (κ2) is 6.43. The summed E-state index contributed by atoms with van der Waals surface area (Å²) in [5.41, 5.74) is 4.70. The fraction of sp³-hybridized carbons (Fsp3) is 0.200. The van der Waals surface area contributed by atoms with Crippen molar-refractivity contribution in [2.24, 2.45) is 0 Å². The van der Waals surface area contributed by atoms with Crippen LogP contribution in [0.25, 0.3) is 5.69 Å². The van der Waals surface area contributed by atoms with E-state index < -0.39 is 0 Å². The molecule has 0 saturated heterocycles. The van der Waals surface area contributed by atoms with Gasteiger partial charge in [0.2, 0.25) is 0 Å². The molecule has 0 fully saturated rings. The Labute approximate surface area is 146 Å². The maximum absolute atomic E-state index is 12.6. The largest absolute Gasteiger partial charge is 0.508 e. The Morgan fingerprint density at radius 3 is 2.40 bits per heavy atom. The first-order valence-corrected chi connectivity index (χ1v) is 8.04.